The van der Waals surface area contributed by atoms with Crippen LogP contribution in [0.3, 0.4) is 0 Å². The van der Waals surface area contributed by atoms with Gasteiger partial charge in [-0.3, -0.25) is 0 Å². The van der Waals surface area contributed by atoms with E-state index in [1.54, 1.807) is 6.07 Å². The molecule has 3 heteroatoms. The van der Waals surface area contributed by atoms with Gasteiger partial charge in [-0.25, -0.2) is 4.39 Å². The summed E-state index contributed by atoms with van der Waals surface area (Å²) in [6.45, 7) is 10.3. The summed E-state index contributed by atoms with van der Waals surface area (Å²) >= 11 is 0. The Morgan fingerprint density at radius 2 is 2.08 bits per heavy atom. The molecule has 0 aliphatic carbocycles. The molecule has 0 saturated heterocycles. The topological polar surface area (TPSA) is 36.0 Å². The van der Waals surface area contributed by atoms with Crippen molar-refractivity contribution in [1.82, 2.24) is 4.98 Å². The van der Waals surface area contributed by atoms with Gasteiger partial charge in [0.25, 0.3) is 0 Å². The molecule has 25 heavy (non-hydrogen) atoms. The number of nitrogens with one attached hydrogen (secondary N) is 1. The van der Waals surface area contributed by atoms with Crippen molar-refractivity contribution < 1.29 is 9.50 Å². The number of benzene rings is 1. The highest BCUT2D eigenvalue weighted by Gasteiger charge is 2.09. The molecule has 0 aliphatic rings. The smallest absolute Gasteiger partial charge is 0.165 e. The van der Waals surface area contributed by atoms with E-state index in [1.807, 2.05) is 25.2 Å². The number of unbranched alkanes of at least 4 members (excludes halogenated alkanes) is 1. The lowest BCUT2D eigenvalue weighted by Gasteiger charge is -2.05. The highest BCUT2D eigenvalue weighted by molar-refractivity contribution is 5.86. The summed E-state index contributed by atoms with van der Waals surface area (Å²) in [4.78, 5) is 3.50. The maximum atomic E-state index is 13.6. The fourth-order valence-electron chi connectivity index (χ4n) is 2.74. The van der Waals surface area contributed by atoms with Crippen molar-refractivity contribution in [3.05, 3.63) is 77.4 Å². The number of aromatic hydroxyl groups is 1. The van der Waals surface area contributed by atoms with Crippen LogP contribution < -0.4 is 0 Å². The van der Waals surface area contributed by atoms with Crippen molar-refractivity contribution >= 4 is 11.1 Å². The number of rotatable bonds is 7. The number of aromatic nitrogens is 1. The van der Waals surface area contributed by atoms with Gasteiger partial charge in [0.15, 0.2) is 11.6 Å². The fraction of sp³-hybridized carbons (Fsp3) is 0.273. The first-order valence-corrected chi connectivity index (χ1v) is 8.67. The molecule has 0 spiro atoms. The average molecular weight is 339 g/mol. The lowest BCUT2D eigenvalue weighted by Crippen LogP contribution is -1.89. The van der Waals surface area contributed by atoms with Crippen LogP contribution in [0, 0.1) is 12.7 Å². The molecule has 0 bridgehead atoms. The maximum absolute atomic E-state index is 13.6. The number of aromatic amines is 1. The molecule has 0 amide bonds. The van der Waals surface area contributed by atoms with Gasteiger partial charge in [0.2, 0.25) is 0 Å². The predicted octanol–water partition coefficient (Wildman–Crippen LogP) is 6.18. The summed E-state index contributed by atoms with van der Waals surface area (Å²) in [5, 5.41) is 9.34. The van der Waals surface area contributed by atoms with Crippen LogP contribution >= 0.6 is 0 Å². The summed E-state index contributed by atoms with van der Waals surface area (Å²) in [7, 11) is 0. The van der Waals surface area contributed by atoms with Gasteiger partial charge < -0.3 is 10.1 Å². The molecule has 1 aromatic carbocycles. The largest absolute Gasteiger partial charge is 0.505 e. The third kappa shape index (κ3) is 4.72. The molecule has 2 nitrogen and oxygen atoms in total. The molecule has 0 radical (unpaired) electrons. The molecule has 0 saturated carbocycles. The Balaban J connectivity index is 2.35. The van der Waals surface area contributed by atoms with Crippen molar-refractivity contribution in [3.8, 4) is 5.75 Å². The average Bonchev–Trinajstić information content (AvgIpc) is 2.95. The van der Waals surface area contributed by atoms with Crippen LogP contribution in [-0.4, -0.2) is 10.1 Å². The molecule has 1 heterocycles. The fourth-order valence-corrected chi connectivity index (χ4v) is 2.74. The first-order valence-electron chi connectivity index (χ1n) is 8.67. The summed E-state index contributed by atoms with van der Waals surface area (Å²) in [6.07, 6.45) is 9.27. The molecule has 2 rings (SSSR count). The minimum absolute atomic E-state index is 0.352. The Labute approximate surface area is 149 Å². The minimum Gasteiger partial charge on any atom is -0.505 e. The van der Waals surface area contributed by atoms with E-state index in [4.69, 9.17) is 0 Å². The number of aryl methyl sites for hydroxylation is 2. The first kappa shape index (κ1) is 18.8. The zero-order valence-corrected chi connectivity index (χ0v) is 15.2. The Bertz CT molecular complexity index is 811. The van der Waals surface area contributed by atoms with E-state index in [0.717, 1.165) is 30.5 Å². The molecule has 2 aromatic rings. The highest BCUT2D eigenvalue weighted by Crippen LogP contribution is 2.26. The Morgan fingerprint density at radius 1 is 1.32 bits per heavy atom. The lowest BCUT2D eigenvalue weighted by atomic mass is 10.0. The Hall–Kier alpha value is -2.55. The van der Waals surface area contributed by atoms with E-state index in [9.17, 15) is 9.50 Å². The van der Waals surface area contributed by atoms with Gasteiger partial charge in [0.1, 0.15) is 0 Å². The second-order valence-corrected chi connectivity index (χ2v) is 6.24. The normalized spacial score (nSPS) is 12.1. The molecule has 0 atom stereocenters. The number of hydrogen-bond donors (Lipinski definition) is 2. The second kappa shape index (κ2) is 8.52. The summed E-state index contributed by atoms with van der Waals surface area (Å²) in [5.74, 6) is -0.994. The zero-order chi connectivity index (χ0) is 18.4. The molecular weight excluding hydrogens is 313 g/mol. The van der Waals surface area contributed by atoms with E-state index in [2.05, 4.69) is 31.5 Å². The van der Waals surface area contributed by atoms with Crippen LogP contribution in [0.4, 0.5) is 4.39 Å². The van der Waals surface area contributed by atoms with Gasteiger partial charge in [-0.1, -0.05) is 38.1 Å². The summed E-state index contributed by atoms with van der Waals surface area (Å²) < 4.78 is 13.6. The van der Waals surface area contributed by atoms with Gasteiger partial charge in [0, 0.05) is 11.4 Å². The number of hydrogen-bond acceptors (Lipinski definition) is 1. The second-order valence-electron chi connectivity index (χ2n) is 6.24. The van der Waals surface area contributed by atoms with Crippen molar-refractivity contribution in [1.29, 1.82) is 0 Å². The third-order valence-corrected chi connectivity index (χ3v) is 4.21. The van der Waals surface area contributed by atoms with Gasteiger partial charge in [0.05, 0.1) is 0 Å². The number of phenolic OH excluding ortho intramolecular Hbond substituents is 1. The number of phenols is 1. The molecule has 132 valence electrons. The number of halogens is 1. The predicted molar refractivity (Wildman–Crippen MR) is 104 cm³/mol. The van der Waals surface area contributed by atoms with Crippen molar-refractivity contribution in [2.24, 2.45) is 0 Å². The van der Waals surface area contributed by atoms with Gasteiger partial charge in [-0.2, -0.15) is 0 Å². The third-order valence-electron chi connectivity index (χ3n) is 4.21. The number of allylic oxidation sites excluding steroid dienone is 5. The van der Waals surface area contributed by atoms with Crippen LogP contribution in [0.1, 0.15) is 49.2 Å². The lowest BCUT2D eigenvalue weighted by molar-refractivity contribution is 0.432. The van der Waals surface area contributed by atoms with Crippen molar-refractivity contribution in [3.63, 3.8) is 0 Å². The van der Waals surface area contributed by atoms with E-state index < -0.39 is 5.82 Å². The van der Waals surface area contributed by atoms with E-state index in [-0.39, 0.29) is 5.75 Å². The van der Waals surface area contributed by atoms with E-state index >= 15 is 0 Å². The summed E-state index contributed by atoms with van der Waals surface area (Å²) in [6, 6.07) is 6.45. The van der Waals surface area contributed by atoms with E-state index in [0.29, 0.717) is 11.1 Å². The standard InChI is InChI=1S/C22H26FNO/c1-5-7-9-20-16(4)13-21(24-20)18(8-6-2)12-15(3)17-10-11-22(25)19(23)14-17/h6,8,10-14,24-25H,3,5,7,9H2,1-2,4H3/b8-6-,18-12+. The highest BCUT2D eigenvalue weighted by atomic mass is 19.1. The van der Waals surface area contributed by atoms with Crippen LogP contribution in [-0.2, 0) is 6.42 Å². The Kier molecular flexibility index (Phi) is 6.40. The Morgan fingerprint density at radius 3 is 2.72 bits per heavy atom. The molecule has 2 N–H and O–H groups in total. The van der Waals surface area contributed by atoms with Gasteiger partial charge >= 0.3 is 0 Å². The van der Waals surface area contributed by atoms with Crippen molar-refractivity contribution in [2.75, 3.05) is 0 Å². The van der Waals surface area contributed by atoms with Crippen LogP contribution in [0.2, 0.25) is 0 Å². The summed E-state index contributed by atoms with van der Waals surface area (Å²) in [5.41, 5.74) is 5.86. The first-order chi connectivity index (χ1) is 12.0. The van der Waals surface area contributed by atoms with Crippen LogP contribution in [0.5, 0.6) is 5.75 Å². The number of H-pyrrole nitrogens is 1. The molecule has 1 aromatic heterocycles. The monoisotopic (exact) mass is 339 g/mol. The molecule has 0 aliphatic heterocycles. The van der Waals surface area contributed by atoms with Gasteiger partial charge in [-0.15, -0.1) is 0 Å². The molecule has 0 unspecified atom stereocenters. The van der Waals surface area contributed by atoms with Crippen LogP contribution in [0.25, 0.3) is 11.1 Å². The molecule has 0 fully saturated rings. The quantitative estimate of drug-likeness (QED) is 0.580. The SMILES string of the molecule is C=C(/C=C(\C=C/C)c1cc(C)c(CCCC)[nH]1)c1ccc(O)c(F)c1. The molecular formula is C22H26FNO. The zero-order valence-electron chi connectivity index (χ0n) is 15.2. The van der Waals surface area contributed by atoms with Gasteiger partial charge in [-0.05, 0) is 73.2 Å². The van der Waals surface area contributed by atoms with Crippen LogP contribution in [0.15, 0.2) is 49.1 Å². The van der Waals surface area contributed by atoms with Crippen molar-refractivity contribution in [2.45, 2.75) is 40.0 Å². The maximum Gasteiger partial charge on any atom is 0.165 e. The minimum atomic E-state index is -0.641. The van der Waals surface area contributed by atoms with E-state index in [1.165, 1.54) is 23.4 Å².